The van der Waals surface area contributed by atoms with E-state index in [0.29, 0.717) is 5.69 Å². The normalized spacial score (nSPS) is 15.8. The number of hydrogen-bond donors (Lipinski definition) is 3. The van der Waals surface area contributed by atoms with Gasteiger partial charge in [-0.3, -0.25) is 24.8 Å². The van der Waals surface area contributed by atoms with E-state index in [2.05, 4.69) is 15.4 Å². The summed E-state index contributed by atoms with van der Waals surface area (Å²) in [4.78, 5) is 42.7. The lowest BCUT2D eigenvalue weighted by Gasteiger charge is -2.15. The Labute approximate surface area is 147 Å². The second-order valence-electron chi connectivity index (χ2n) is 5.56. The standard InChI is InChI=1S/C16H14ClN5O3/c1-7-3-4-9(5-8(7)2)22-15(25)11(14(24)21-22)6-10-12(17)19-16(18)20-13(10)23/h3-6H,1-2H3,(H,21,24)(H3,18,19,20,23). The van der Waals surface area contributed by atoms with Crippen LogP contribution in [0.3, 0.4) is 0 Å². The largest absolute Gasteiger partial charge is 0.369 e. The zero-order valence-corrected chi connectivity index (χ0v) is 14.1. The van der Waals surface area contributed by atoms with Gasteiger partial charge in [-0.2, -0.15) is 0 Å². The van der Waals surface area contributed by atoms with Crippen molar-refractivity contribution in [3.05, 3.63) is 56.0 Å². The number of nitrogens with two attached hydrogens (primary N) is 1. The van der Waals surface area contributed by atoms with Crippen molar-refractivity contribution in [3.63, 3.8) is 0 Å². The Bertz CT molecular complexity index is 996. The van der Waals surface area contributed by atoms with Crippen LogP contribution in [0.25, 0.3) is 6.08 Å². The zero-order chi connectivity index (χ0) is 18.3. The fraction of sp³-hybridized carbons (Fsp3) is 0.125. The number of aromatic nitrogens is 2. The summed E-state index contributed by atoms with van der Waals surface area (Å²) in [5.74, 6) is -1.40. The molecule has 0 unspecified atom stereocenters. The number of hydrogen-bond acceptors (Lipinski definition) is 5. The summed E-state index contributed by atoms with van der Waals surface area (Å²) >= 11 is 5.89. The number of H-pyrrole nitrogens is 1. The first-order valence-corrected chi connectivity index (χ1v) is 7.65. The van der Waals surface area contributed by atoms with Gasteiger partial charge in [-0.1, -0.05) is 17.7 Å². The third-order valence-electron chi connectivity index (χ3n) is 3.86. The van der Waals surface area contributed by atoms with Crippen LogP contribution in [0, 0.1) is 13.8 Å². The van der Waals surface area contributed by atoms with Crippen LogP contribution in [0.1, 0.15) is 16.7 Å². The third-order valence-corrected chi connectivity index (χ3v) is 4.14. The molecule has 25 heavy (non-hydrogen) atoms. The van der Waals surface area contributed by atoms with E-state index in [1.165, 1.54) is 0 Å². The topological polar surface area (TPSA) is 121 Å². The van der Waals surface area contributed by atoms with Crippen LogP contribution in [-0.2, 0) is 9.59 Å². The van der Waals surface area contributed by atoms with Gasteiger partial charge in [0, 0.05) is 0 Å². The number of carbonyl (C=O) groups is 2. The number of aryl methyl sites for hydroxylation is 2. The second kappa shape index (κ2) is 6.06. The van der Waals surface area contributed by atoms with Crippen molar-refractivity contribution in [2.24, 2.45) is 0 Å². The average Bonchev–Trinajstić information content (AvgIpc) is 2.81. The van der Waals surface area contributed by atoms with Gasteiger partial charge < -0.3 is 5.73 Å². The van der Waals surface area contributed by atoms with E-state index < -0.39 is 17.4 Å². The monoisotopic (exact) mass is 359 g/mol. The number of carbonyl (C=O) groups excluding carboxylic acids is 2. The molecule has 1 aromatic carbocycles. The molecule has 0 bridgehead atoms. The van der Waals surface area contributed by atoms with Gasteiger partial charge in [0.25, 0.3) is 17.4 Å². The molecule has 2 heterocycles. The first kappa shape index (κ1) is 16.7. The minimum absolute atomic E-state index is 0.115. The molecule has 0 aliphatic carbocycles. The van der Waals surface area contributed by atoms with E-state index in [9.17, 15) is 14.4 Å². The number of halogens is 1. The van der Waals surface area contributed by atoms with E-state index in [-0.39, 0.29) is 22.2 Å². The molecule has 1 aliphatic heterocycles. The van der Waals surface area contributed by atoms with Gasteiger partial charge in [-0.15, -0.1) is 0 Å². The average molecular weight is 360 g/mol. The molecule has 1 aliphatic rings. The molecule has 1 aromatic heterocycles. The number of nitrogens with one attached hydrogen (secondary N) is 2. The van der Waals surface area contributed by atoms with Crippen molar-refractivity contribution in [2.45, 2.75) is 13.8 Å². The summed E-state index contributed by atoms with van der Waals surface area (Å²) < 4.78 is 0. The van der Waals surface area contributed by atoms with Gasteiger partial charge in [0.1, 0.15) is 10.7 Å². The maximum atomic E-state index is 12.6. The van der Waals surface area contributed by atoms with Crippen LogP contribution < -0.4 is 21.7 Å². The number of benzene rings is 1. The molecule has 9 heteroatoms. The van der Waals surface area contributed by atoms with Crippen LogP contribution >= 0.6 is 11.6 Å². The van der Waals surface area contributed by atoms with Crippen LogP contribution in [0.4, 0.5) is 11.6 Å². The van der Waals surface area contributed by atoms with Gasteiger partial charge in [-0.25, -0.2) is 9.99 Å². The van der Waals surface area contributed by atoms with Crippen molar-refractivity contribution < 1.29 is 9.59 Å². The number of rotatable bonds is 2. The van der Waals surface area contributed by atoms with Crippen LogP contribution in [0.15, 0.2) is 28.6 Å². The zero-order valence-electron chi connectivity index (χ0n) is 13.4. The molecular formula is C16H14ClN5O3. The Morgan fingerprint density at radius 3 is 2.56 bits per heavy atom. The molecular weight excluding hydrogens is 346 g/mol. The number of amides is 2. The number of aromatic amines is 1. The second-order valence-corrected chi connectivity index (χ2v) is 5.92. The first-order chi connectivity index (χ1) is 11.8. The summed E-state index contributed by atoms with van der Waals surface area (Å²) in [6.07, 6.45) is 1.10. The predicted molar refractivity (Wildman–Crippen MR) is 93.8 cm³/mol. The van der Waals surface area contributed by atoms with Crippen molar-refractivity contribution in [3.8, 4) is 0 Å². The fourth-order valence-corrected chi connectivity index (χ4v) is 2.58. The number of anilines is 2. The first-order valence-electron chi connectivity index (χ1n) is 7.27. The summed E-state index contributed by atoms with van der Waals surface area (Å²) in [7, 11) is 0. The van der Waals surface area contributed by atoms with Crippen molar-refractivity contribution in [2.75, 3.05) is 10.7 Å². The molecule has 0 radical (unpaired) electrons. The smallest absolute Gasteiger partial charge is 0.282 e. The van der Waals surface area contributed by atoms with Crippen LogP contribution in [0.5, 0.6) is 0 Å². The highest BCUT2D eigenvalue weighted by Gasteiger charge is 2.35. The minimum atomic E-state index is -0.643. The SMILES string of the molecule is Cc1ccc(N2NC(=O)C(=Cc3c(Cl)nc(N)[nH]c3=O)C2=O)cc1C. The Morgan fingerprint density at radius 2 is 1.92 bits per heavy atom. The summed E-state index contributed by atoms with van der Waals surface area (Å²) in [5.41, 5.74) is 9.41. The predicted octanol–water partition coefficient (Wildman–Crippen LogP) is 1.08. The quantitative estimate of drug-likeness (QED) is 0.421. The molecule has 1 saturated heterocycles. The maximum Gasteiger partial charge on any atom is 0.282 e. The molecule has 3 rings (SSSR count). The fourth-order valence-electron chi connectivity index (χ4n) is 2.34. The Morgan fingerprint density at radius 1 is 1.20 bits per heavy atom. The molecule has 128 valence electrons. The molecule has 0 atom stereocenters. The van der Waals surface area contributed by atoms with E-state index >= 15 is 0 Å². The van der Waals surface area contributed by atoms with Gasteiger partial charge in [0.2, 0.25) is 5.95 Å². The Kier molecular flexibility index (Phi) is 4.05. The molecule has 0 saturated carbocycles. The Balaban J connectivity index is 2.02. The molecule has 1 fully saturated rings. The third kappa shape index (κ3) is 2.99. The summed E-state index contributed by atoms with van der Waals surface area (Å²) in [6.45, 7) is 3.84. The number of nitrogen functional groups attached to an aromatic ring is 1. The highest BCUT2D eigenvalue weighted by atomic mass is 35.5. The van der Waals surface area contributed by atoms with Gasteiger partial charge in [0.15, 0.2) is 0 Å². The lowest BCUT2D eigenvalue weighted by molar-refractivity contribution is -0.117. The van der Waals surface area contributed by atoms with Crippen LogP contribution in [0.2, 0.25) is 5.15 Å². The van der Waals surface area contributed by atoms with Crippen molar-refractivity contribution >= 4 is 41.1 Å². The Hall–Kier alpha value is -3.13. The highest BCUT2D eigenvalue weighted by Crippen LogP contribution is 2.24. The van der Waals surface area contributed by atoms with Gasteiger partial charge >= 0.3 is 0 Å². The van der Waals surface area contributed by atoms with E-state index in [4.69, 9.17) is 17.3 Å². The van der Waals surface area contributed by atoms with Crippen molar-refractivity contribution in [1.29, 1.82) is 0 Å². The lowest BCUT2D eigenvalue weighted by atomic mass is 10.1. The van der Waals surface area contributed by atoms with E-state index in [1.54, 1.807) is 12.1 Å². The van der Waals surface area contributed by atoms with Crippen LogP contribution in [-0.4, -0.2) is 21.8 Å². The van der Waals surface area contributed by atoms with Crippen molar-refractivity contribution in [1.82, 2.24) is 15.4 Å². The molecule has 2 amide bonds. The van der Waals surface area contributed by atoms with Gasteiger partial charge in [0.05, 0.1) is 11.3 Å². The van der Waals surface area contributed by atoms with E-state index in [0.717, 1.165) is 22.2 Å². The molecule has 0 spiro atoms. The lowest BCUT2D eigenvalue weighted by Crippen LogP contribution is -2.35. The molecule has 2 aromatic rings. The summed E-state index contributed by atoms with van der Waals surface area (Å²) in [6, 6.07) is 5.34. The number of nitrogens with zero attached hydrogens (tertiary/aromatic N) is 2. The molecule has 4 N–H and O–H groups in total. The number of hydrazine groups is 1. The highest BCUT2D eigenvalue weighted by molar-refractivity contribution is 6.34. The maximum absolute atomic E-state index is 12.6. The molecule has 8 nitrogen and oxygen atoms in total. The van der Waals surface area contributed by atoms with E-state index in [1.807, 2.05) is 19.9 Å². The minimum Gasteiger partial charge on any atom is -0.369 e. The summed E-state index contributed by atoms with van der Waals surface area (Å²) in [5, 5.41) is 0.923. The van der Waals surface area contributed by atoms with Gasteiger partial charge in [-0.05, 0) is 43.2 Å².